The number of hydrogen-bond acceptors (Lipinski definition) is 2. The summed E-state index contributed by atoms with van der Waals surface area (Å²) in [5.74, 6) is 0.358. The van der Waals surface area contributed by atoms with Crippen molar-refractivity contribution in [2.75, 3.05) is 0 Å². The van der Waals surface area contributed by atoms with Gasteiger partial charge in [0.05, 0.1) is 6.33 Å². The second kappa shape index (κ2) is 3.09. The molecule has 1 unspecified atom stereocenters. The number of rotatable bonds is 1. The average molecular weight is 163 g/mol. The number of imidazole rings is 1. The zero-order valence-corrected chi connectivity index (χ0v) is 6.81. The molecule has 0 aromatic carbocycles. The summed E-state index contributed by atoms with van der Waals surface area (Å²) in [4.78, 5) is 15.1. The smallest absolute Gasteiger partial charge is 0.134 e. The van der Waals surface area contributed by atoms with Crippen LogP contribution in [0.4, 0.5) is 0 Å². The van der Waals surface area contributed by atoms with Crippen LogP contribution in [-0.2, 0) is 4.79 Å². The number of ketones is 1. The number of hydrogen-bond donors (Lipinski definition) is 0. The van der Waals surface area contributed by atoms with E-state index in [-0.39, 0.29) is 6.04 Å². The van der Waals surface area contributed by atoms with Gasteiger partial charge >= 0.3 is 0 Å². The first-order valence-electron chi connectivity index (χ1n) is 4.19. The van der Waals surface area contributed by atoms with E-state index in [0.29, 0.717) is 18.6 Å². The van der Waals surface area contributed by atoms with Crippen LogP contribution in [-0.4, -0.2) is 15.3 Å². The minimum absolute atomic E-state index is 0.244. The van der Waals surface area contributed by atoms with E-state index in [0.717, 1.165) is 6.42 Å². The van der Waals surface area contributed by atoms with E-state index in [1.807, 2.05) is 10.8 Å². The molecule has 1 aromatic rings. The maximum absolute atomic E-state index is 11.1. The van der Waals surface area contributed by atoms with Gasteiger partial charge in [-0.3, -0.25) is 4.79 Å². The zero-order chi connectivity index (χ0) is 8.39. The molecule has 12 heavy (non-hydrogen) atoms. The van der Waals surface area contributed by atoms with Crippen LogP contribution in [0.3, 0.4) is 0 Å². The Balaban J connectivity index is 2.09. The van der Waals surface area contributed by atoms with Crippen LogP contribution >= 0.6 is 0 Å². The van der Waals surface area contributed by atoms with Gasteiger partial charge in [0.2, 0.25) is 0 Å². The van der Waals surface area contributed by atoms with Gasteiger partial charge in [-0.05, 0) is 12.8 Å². The van der Waals surface area contributed by atoms with Crippen molar-refractivity contribution < 1.29 is 4.79 Å². The zero-order valence-electron chi connectivity index (χ0n) is 6.81. The van der Waals surface area contributed by atoms with Gasteiger partial charge in [0, 0.05) is 31.3 Å². The molecule has 0 spiro atoms. The van der Waals surface area contributed by atoms with Crippen LogP contribution in [0.2, 0.25) is 0 Å². The Kier molecular flexibility index (Phi) is 1.94. The fourth-order valence-electron chi connectivity index (χ4n) is 1.55. The van der Waals surface area contributed by atoms with Gasteiger partial charge in [0.1, 0.15) is 5.78 Å². The van der Waals surface area contributed by atoms with E-state index in [1.54, 1.807) is 12.5 Å². The summed E-state index contributed by atoms with van der Waals surface area (Å²) < 4.78 is 1.98. The van der Waals surface area contributed by atoms with Gasteiger partial charge < -0.3 is 4.57 Å². The van der Waals surface area contributed by atoms with Crippen LogP contribution in [0.25, 0.3) is 0 Å². The standard InChI is InChI=1S/C9H11N2O/c12-9-3-1-2-8(6-9)11-5-4-10-7-11/h2,4-5,7-8H,1,3,6H2. The molecule has 1 heterocycles. The molecule has 3 nitrogen and oxygen atoms in total. The van der Waals surface area contributed by atoms with Crippen molar-refractivity contribution in [3.05, 3.63) is 25.1 Å². The van der Waals surface area contributed by atoms with Gasteiger partial charge in [0.25, 0.3) is 0 Å². The van der Waals surface area contributed by atoms with E-state index in [1.165, 1.54) is 0 Å². The van der Waals surface area contributed by atoms with Crippen LogP contribution in [0, 0.1) is 6.42 Å². The number of Topliss-reactive ketones (excluding diaryl/α,β-unsaturated/α-hetero) is 1. The van der Waals surface area contributed by atoms with E-state index in [2.05, 4.69) is 11.4 Å². The fraction of sp³-hybridized carbons (Fsp3) is 0.444. The topological polar surface area (TPSA) is 34.9 Å². The minimum Gasteiger partial charge on any atom is -0.334 e. The summed E-state index contributed by atoms with van der Waals surface area (Å²) in [5, 5.41) is 0. The number of nitrogens with zero attached hydrogens (tertiary/aromatic N) is 2. The van der Waals surface area contributed by atoms with E-state index >= 15 is 0 Å². The molecule has 1 aromatic heterocycles. The lowest BCUT2D eigenvalue weighted by Gasteiger charge is -2.21. The van der Waals surface area contributed by atoms with Crippen molar-refractivity contribution in [2.45, 2.75) is 25.3 Å². The number of aromatic nitrogens is 2. The second-order valence-corrected chi connectivity index (χ2v) is 3.09. The van der Waals surface area contributed by atoms with E-state index in [4.69, 9.17) is 0 Å². The summed E-state index contributed by atoms with van der Waals surface area (Å²) in [6.07, 6.45) is 9.85. The summed E-state index contributed by atoms with van der Waals surface area (Å²) in [5.41, 5.74) is 0. The van der Waals surface area contributed by atoms with Crippen molar-refractivity contribution in [3.8, 4) is 0 Å². The maximum Gasteiger partial charge on any atom is 0.134 e. The third-order valence-corrected chi connectivity index (χ3v) is 2.21. The van der Waals surface area contributed by atoms with Crippen molar-refractivity contribution in [1.29, 1.82) is 0 Å². The molecule has 1 aliphatic carbocycles. The lowest BCUT2D eigenvalue weighted by Crippen LogP contribution is -2.18. The van der Waals surface area contributed by atoms with E-state index < -0.39 is 0 Å². The highest BCUT2D eigenvalue weighted by molar-refractivity contribution is 5.80. The quantitative estimate of drug-likeness (QED) is 0.627. The molecule has 1 aliphatic rings. The number of carbonyl (C=O) groups is 1. The molecular weight excluding hydrogens is 152 g/mol. The average Bonchev–Trinajstić information content (AvgIpc) is 2.56. The predicted octanol–water partition coefficient (Wildman–Crippen LogP) is 1.38. The van der Waals surface area contributed by atoms with Gasteiger partial charge in [-0.2, -0.15) is 0 Å². The Morgan fingerprint density at radius 2 is 2.50 bits per heavy atom. The van der Waals surface area contributed by atoms with E-state index in [9.17, 15) is 4.79 Å². The fourth-order valence-corrected chi connectivity index (χ4v) is 1.55. The monoisotopic (exact) mass is 163 g/mol. The molecular formula is C9H11N2O. The number of carbonyl (C=O) groups excluding carboxylic acids is 1. The molecule has 1 atom stereocenters. The normalized spacial score (nSPS) is 24.3. The van der Waals surface area contributed by atoms with Crippen LogP contribution in [0.15, 0.2) is 18.7 Å². The molecule has 0 amide bonds. The van der Waals surface area contributed by atoms with Crippen molar-refractivity contribution in [3.63, 3.8) is 0 Å². The third-order valence-electron chi connectivity index (χ3n) is 2.21. The summed E-state index contributed by atoms with van der Waals surface area (Å²) in [6, 6.07) is 0.244. The summed E-state index contributed by atoms with van der Waals surface area (Å²) >= 11 is 0. The Morgan fingerprint density at radius 3 is 3.17 bits per heavy atom. The molecule has 1 fully saturated rings. The highest BCUT2D eigenvalue weighted by Gasteiger charge is 2.20. The molecule has 0 N–H and O–H groups in total. The maximum atomic E-state index is 11.1. The van der Waals surface area contributed by atoms with Crippen LogP contribution < -0.4 is 0 Å². The highest BCUT2D eigenvalue weighted by atomic mass is 16.1. The Bertz CT molecular complexity index is 266. The van der Waals surface area contributed by atoms with Gasteiger partial charge in [-0.1, -0.05) is 0 Å². The largest absolute Gasteiger partial charge is 0.334 e. The minimum atomic E-state index is 0.244. The van der Waals surface area contributed by atoms with Gasteiger partial charge in [-0.15, -0.1) is 0 Å². The lowest BCUT2D eigenvalue weighted by molar-refractivity contribution is -0.120. The van der Waals surface area contributed by atoms with Crippen molar-refractivity contribution in [2.24, 2.45) is 0 Å². The molecule has 0 saturated heterocycles. The molecule has 3 heteroatoms. The van der Waals surface area contributed by atoms with Gasteiger partial charge in [-0.25, -0.2) is 4.98 Å². The summed E-state index contributed by atoms with van der Waals surface area (Å²) in [7, 11) is 0. The van der Waals surface area contributed by atoms with Crippen LogP contribution in [0.1, 0.15) is 25.3 Å². The van der Waals surface area contributed by atoms with Crippen LogP contribution in [0.5, 0.6) is 0 Å². The SMILES string of the molecule is O=C1CC[CH]C(n2ccnc2)C1. The Hall–Kier alpha value is -1.12. The van der Waals surface area contributed by atoms with Gasteiger partial charge in [0.15, 0.2) is 0 Å². The first-order chi connectivity index (χ1) is 5.86. The van der Waals surface area contributed by atoms with Crippen molar-refractivity contribution >= 4 is 5.78 Å². The molecule has 1 radical (unpaired) electrons. The molecule has 2 rings (SSSR count). The van der Waals surface area contributed by atoms with Crippen molar-refractivity contribution in [1.82, 2.24) is 9.55 Å². The molecule has 0 aliphatic heterocycles. The molecule has 1 saturated carbocycles. The predicted molar refractivity (Wildman–Crippen MR) is 44.4 cm³/mol. The Morgan fingerprint density at radius 1 is 1.58 bits per heavy atom. The summed E-state index contributed by atoms with van der Waals surface area (Å²) in [6.45, 7) is 0. The first kappa shape index (κ1) is 7.53. The second-order valence-electron chi connectivity index (χ2n) is 3.09. The highest BCUT2D eigenvalue weighted by Crippen LogP contribution is 2.24. The molecule has 0 bridgehead atoms. The lowest BCUT2D eigenvalue weighted by atomic mass is 9.94. The Labute approximate surface area is 71.4 Å². The first-order valence-corrected chi connectivity index (χ1v) is 4.19. The molecule has 63 valence electrons. The third kappa shape index (κ3) is 1.40.